The topological polar surface area (TPSA) is 46.4 Å². The normalized spacial score (nSPS) is 15.5. The van der Waals surface area contributed by atoms with Crippen LogP contribution in [0.4, 0.5) is 5.69 Å². The average molecular weight is 353 g/mol. The van der Waals surface area contributed by atoms with Crippen LogP contribution in [-0.4, -0.2) is 15.3 Å². The lowest BCUT2D eigenvalue weighted by molar-refractivity contribution is -0.116. The number of rotatable bonds is 5. The molecule has 0 unspecified atom stereocenters. The molecule has 2 aromatic heterocycles. The smallest absolute Gasteiger partial charge is 0.224 e. The van der Waals surface area contributed by atoms with Gasteiger partial charge >= 0.3 is 0 Å². The van der Waals surface area contributed by atoms with Crippen molar-refractivity contribution in [3.8, 4) is 11.3 Å². The van der Waals surface area contributed by atoms with Crippen molar-refractivity contribution in [2.45, 2.75) is 44.9 Å². The fourth-order valence-electron chi connectivity index (χ4n) is 3.63. The zero-order valence-corrected chi connectivity index (χ0v) is 15.1. The second-order valence-corrected chi connectivity index (χ2v) is 7.76. The highest BCUT2D eigenvalue weighted by Crippen LogP contribution is 2.27. The number of imidazole rings is 1. The molecule has 1 amide bonds. The number of hydrogen-bond donors (Lipinski definition) is 1. The Morgan fingerprint density at radius 2 is 2.00 bits per heavy atom. The summed E-state index contributed by atoms with van der Waals surface area (Å²) in [5.74, 6) is 0.873. The second kappa shape index (κ2) is 7.40. The third kappa shape index (κ3) is 3.93. The number of anilines is 1. The first kappa shape index (κ1) is 16.3. The number of nitrogens with one attached hydrogen (secondary N) is 1. The SMILES string of the molecule is O=C(CCC1CCCCC1)Nc1ccc(-c2cn3ccsc3n2)cc1. The van der Waals surface area contributed by atoms with Crippen LogP contribution < -0.4 is 5.32 Å². The summed E-state index contributed by atoms with van der Waals surface area (Å²) < 4.78 is 2.03. The Balaban J connectivity index is 1.33. The van der Waals surface area contributed by atoms with Gasteiger partial charge in [-0.15, -0.1) is 11.3 Å². The molecule has 2 heterocycles. The van der Waals surface area contributed by atoms with Crippen molar-refractivity contribution in [1.29, 1.82) is 0 Å². The molecule has 0 spiro atoms. The number of amides is 1. The van der Waals surface area contributed by atoms with Gasteiger partial charge in [0.25, 0.3) is 0 Å². The summed E-state index contributed by atoms with van der Waals surface area (Å²) >= 11 is 1.63. The van der Waals surface area contributed by atoms with Crippen molar-refractivity contribution in [3.63, 3.8) is 0 Å². The number of nitrogens with zero attached hydrogens (tertiary/aromatic N) is 2. The molecule has 0 radical (unpaired) electrons. The number of thiazole rings is 1. The van der Waals surface area contributed by atoms with E-state index in [0.29, 0.717) is 6.42 Å². The van der Waals surface area contributed by atoms with Crippen LogP contribution in [0.5, 0.6) is 0 Å². The first-order chi connectivity index (χ1) is 12.3. The fourth-order valence-corrected chi connectivity index (χ4v) is 4.33. The van der Waals surface area contributed by atoms with Crippen molar-refractivity contribution in [3.05, 3.63) is 42.0 Å². The Morgan fingerprint density at radius 3 is 2.76 bits per heavy atom. The quantitative estimate of drug-likeness (QED) is 0.671. The molecule has 0 bridgehead atoms. The highest BCUT2D eigenvalue weighted by molar-refractivity contribution is 7.15. The number of hydrogen-bond acceptors (Lipinski definition) is 3. The van der Waals surface area contributed by atoms with Gasteiger partial charge in [-0.3, -0.25) is 9.20 Å². The highest BCUT2D eigenvalue weighted by Gasteiger charge is 2.15. The minimum Gasteiger partial charge on any atom is -0.326 e. The number of carbonyl (C=O) groups excluding carboxylic acids is 1. The van der Waals surface area contributed by atoms with Crippen LogP contribution >= 0.6 is 11.3 Å². The highest BCUT2D eigenvalue weighted by atomic mass is 32.1. The van der Waals surface area contributed by atoms with E-state index in [1.807, 2.05) is 46.4 Å². The molecular weight excluding hydrogens is 330 g/mol. The van der Waals surface area contributed by atoms with E-state index in [-0.39, 0.29) is 5.91 Å². The molecule has 0 saturated heterocycles. The molecule has 5 heteroatoms. The van der Waals surface area contributed by atoms with E-state index >= 15 is 0 Å². The molecule has 4 rings (SSSR count). The van der Waals surface area contributed by atoms with Gasteiger partial charge in [0.2, 0.25) is 5.91 Å². The zero-order valence-electron chi connectivity index (χ0n) is 14.3. The van der Waals surface area contributed by atoms with E-state index in [9.17, 15) is 4.79 Å². The third-order valence-electron chi connectivity index (χ3n) is 5.06. The summed E-state index contributed by atoms with van der Waals surface area (Å²) in [6.07, 6.45) is 12.3. The predicted octanol–water partition coefficient (Wildman–Crippen LogP) is 5.36. The van der Waals surface area contributed by atoms with Crippen LogP contribution in [0.1, 0.15) is 44.9 Å². The number of aromatic nitrogens is 2. The van der Waals surface area contributed by atoms with Crippen molar-refractivity contribution >= 4 is 27.9 Å². The summed E-state index contributed by atoms with van der Waals surface area (Å²) in [7, 11) is 0. The molecular formula is C20H23N3OS. The lowest BCUT2D eigenvalue weighted by Crippen LogP contribution is -2.14. The van der Waals surface area contributed by atoms with E-state index in [2.05, 4.69) is 10.3 Å². The van der Waals surface area contributed by atoms with Gasteiger partial charge in [0.1, 0.15) is 0 Å². The van der Waals surface area contributed by atoms with Crippen LogP contribution in [0.2, 0.25) is 0 Å². The molecule has 0 atom stereocenters. The molecule has 0 aliphatic heterocycles. The van der Waals surface area contributed by atoms with Gasteiger partial charge in [-0.05, 0) is 24.5 Å². The molecule has 1 aliphatic rings. The van der Waals surface area contributed by atoms with E-state index in [0.717, 1.165) is 34.2 Å². The Hall–Kier alpha value is -2.14. The average Bonchev–Trinajstić information content (AvgIpc) is 3.24. The Bertz CT molecular complexity index is 815. The maximum Gasteiger partial charge on any atom is 0.224 e. The van der Waals surface area contributed by atoms with Gasteiger partial charge in [0.05, 0.1) is 5.69 Å². The Labute approximate surface area is 151 Å². The van der Waals surface area contributed by atoms with Gasteiger partial charge in [0.15, 0.2) is 4.96 Å². The Kier molecular flexibility index (Phi) is 4.83. The lowest BCUT2D eigenvalue weighted by Gasteiger charge is -2.21. The van der Waals surface area contributed by atoms with Crippen molar-refractivity contribution in [2.75, 3.05) is 5.32 Å². The molecule has 1 aliphatic carbocycles. The van der Waals surface area contributed by atoms with Gasteiger partial charge in [-0.1, -0.05) is 44.2 Å². The molecule has 1 aromatic carbocycles. The first-order valence-electron chi connectivity index (χ1n) is 9.10. The monoisotopic (exact) mass is 353 g/mol. The van der Waals surface area contributed by atoms with E-state index < -0.39 is 0 Å². The summed E-state index contributed by atoms with van der Waals surface area (Å²) in [4.78, 5) is 17.8. The molecule has 3 aromatic rings. The fraction of sp³-hybridized carbons (Fsp3) is 0.400. The number of benzene rings is 1. The largest absolute Gasteiger partial charge is 0.326 e. The lowest BCUT2D eigenvalue weighted by atomic mass is 9.86. The zero-order chi connectivity index (χ0) is 17.1. The summed E-state index contributed by atoms with van der Waals surface area (Å²) in [6.45, 7) is 0. The van der Waals surface area contributed by atoms with Gasteiger partial charge < -0.3 is 5.32 Å². The summed E-state index contributed by atoms with van der Waals surface area (Å²) in [5, 5.41) is 5.05. The molecule has 25 heavy (non-hydrogen) atoms. The van der Waals surface area contributed by atoms with Crippen LogP contribution in [0.15, 0.2) is 42.0 Å². The summed E-state index contributed by atoms with van der Waals surface area (Å²) in [6, 6.07) is 7.95. The van der Waals surface area contributed by atoms with E-state index in [1.165, 1.54) is 32.1 Å². The molecule has 1 fully saturated rings. The van der Waals surface area contributed by atoms with Crippen molar-refractivity contribution in [1.82, 2.24) is 9.38 Å². The van der Waals surface area contributed by atoms with Crippen LogP contribution in [-0.2, 0) is 4.79 Å². The number of fused-ring (bicyclic) bond motifs is 1. The van der Waals surface area contributed by atoms with Crippen molar-refractivity contribution in [2.24, 2.45) is 5.92 Å². The summed E-state index contributed by atoms with van der Waals surface area (Å²) in [5.41, 5.74) is 2.89. The van der Waals surface area contributed by atoms with Crippen molar-refractivity contribution < 1.29 is 4.79 Å². The molecule has 4 nitrogen and oxygen atoms in total. The molecule has 1 N–H and O–H groups in total. The van der Waals surface area contributed by atoms with Crippen LogP contribution in [0.25, 0.3) is 16.2 Å². The minimum atomic E-state index is 0.126. The third-order valence-corrected chi connectivity index (χ3v) is 5.83. The standard InChI is InChI=1S/C20H23N3OS/c24-19(11-6-15-4-2-1-3-5-15)21-17-9-7-16(8-10-17)18-14-23-12-13-25-20(23)22-18/h7-10,12-15H,1-6,11H2,(H,21,24). The van der Waals surface area contributed by atoms with E-state index in [1.54, 1.807) is 11.3 Å². The first-order valence-corrected chi connectivity index (χ1v) is 9.98. The maximum absolute atomic E-state index is 12.2. The number of carbonyl (C=O) groups is 1. The predicted molar refractivity (Wildman–Crippen MR) is 103 cm³/mol. The van der Waals surface area contributed by atoms with E-state index in [4.69, 9.17) is 0 Å². The minimum absolute atomic E-state index is 0.126. The van der Waals surface area contributed by atoms with Gasteiger partial charge in [-0.25, -0.2) is 4.98 Å². The van der Waals surface area contributed by atoms with Gasteiger partial charge in [0, 0.05) is 35.4 Å². The second-order valence-electron chi connectivity index (χ2n) is 6.89. The molecule has 1 saturated carbocycles. The van der Waals surface area contributed by atoms with Crippen LogP contribution in [0, 0.1) is 5.92 Å². The maximum atomic E-state index is 12.2. The Morgan fingerprint density at radius 1 is 1.20 bits per heavy atom. The van der Waals surface area contributed by atoms with Gasteiger partial charge in [-0.2, -0.15) is 0 Å². The molecule has 130 valence electrons. The van der Waals surface area contributed by atoms with Crippen LogP contribution in [0.3, 0.4) is 0 Å².